The molecule has 0 bridgehead atoms. The van der Waals surface area contributed by atoms with Gasteiger partial charge in [-0.3, -0.25) is 4.79 Å². The number of ether oxygens (including phenoxy) is 2. The van der Waals surface area contributed by atoms with Crippen LogP contribution in [0, 0.1) is 6.92 Å². The van der Waals surface area contributed by atoms with Crippen molar-refractivity contribution in [2.75, 3.05) is 14.2 Å². The lowest BCUT2D eigenvalue weighted by atomic mass is 9.82. The molecule has 0 spiro atoms. The first-order valence-electron chi connectivity index (χ1n) is 6.31. The van der Waals surface area contributed by atoms with E-state index in [1.165, 1.54) is 0 Å². The molecule has 1 heterocycles. The van der Waals surface area contributed by atoms with Crippen molar-refractivity contribution in [3.05, 3.63) is 23.4 Å². The van der Waals surface area contributed by atoms with E-state index in [4.69, 9.17) is 9.47 Å². The van der Waals surface area contributed by atoms with Crippen LogP contribution in [0.5, 0.6) is 11.5 Å². The van der Waals surface area contributed by atoms with Crippen molar-refractivity contribution in [2.45, 2.75) is 26.2 Å². The van der Waals surface area contributed by atoms with Crippen LogP contribution in [0.1, 0.15) is 25.1 Å². The van der Waals surface area contributed by atoms with E-state index < -0.39 is 11.4 Å². The van der Waals surface area contributed by atoms with Crippen LogP contribution in [0.4, 0.5) is 0 Å². The molecule has 1 aromatic heterocycles. The van der Waals surface area contributed by atoms with Crippen LogP contribution in [-0.4, -0.2) is 30.3 Å². The summed E-state index contributed by atoms with van der Waals surface area (Å²) >= 11 is 0. The summed E-state index contributed by atoms with van der Waals surface area (Å²) in [6, 6.07) is 3.59. The van der Waals surface area contributed by atoms with Gasteiger partial charge in [-0.25, -0.2) is 0 Å². The summed E-state index contributed by atoms with van der Waals surface area (Å²) in [5, 5.41) is 10.3. The number of hydrogen-bond acceptors (Lipinski definition) is 3. The zero-order chi connectivity index (χ0) is 15.1. The van der Waals surface area contributed by atoms with Gasteiger partial charge in [-0.1, -0.05) is 0 Å². The minimum Gasteiger partial charge on any atom is -0.496 e. The molecular weight excluding hydrogens is 258 g/mol. The van der Waals surface area contributed by atoms with Gasteiger partial charge in [0.2, 0.25) is 0 Å². The quantitative estimate of drug-likeness (QED) is 0.901. The van der Waals surface area contributed by atoms with Gasteiger partial charge >= 0.3 is 5.97 Å². The van der Waals surface area contributed by atoms with Crippen LogP contribution < -0.4 is 9.47 Å². The molecule has 2 N–H and O–H groups in total. The van der Waals surface area contributed by atoms with Gasteiger partial charge < -0.3 is 19.6 Å². The van der Waals surface area contributed by atoms with Crippen LogP contribution in [-0.2, 0) is 10.2 Å². The predicted octanol–water partition coefficient (Wildman–Crippen LogP) is 2.86. The second-order valence-electron chi connectivity index (χ2n) is 5.28. The largest absolute Gasteiger partial charge is 0.496 e. The average molecular weight is 277 g/mol. The summed E-state index contributed by atoms with van der Waals surface area (Å²) in [7, 11) is 3.15. The Kier molecular flexibility index (Phi) is 3.38. The Morgan fingerprint density at radius 3 is 2.25 bits per heavy atom. The Balaban J connectivity index is 2.91. The van der Waals surface area contributed by atoms with Gasteiger partial charge in [0.15, 0.2) is 0 Å². The van der Waals surface area contributed by atoms with E-state index in [2.05, 4.69) is 4.98 Å². The van der Waals surface area contributed by atoms with Gasteiger partial charge in [0, 0.05) is 16.6 Å². The fourth-order valence-corrected chi connectivity index (χ4v) is 2.60. The summed E-state index contributed by atoms with van der Waals surface area (Å²) in [5.41, 5.74) is 1.25. The van der Waals surface area contributed by atoms with Crippen LogP contribution in [0.25, 0.3) is 10.9 Å². The number of aromatic nitrogens is 1. The summed E-state index contributed by atoms with van der Waals surface area (Å²) in [4.78, 5) is 14.8. The summed E-state index contributed by atoms with van der Waals surface area (Å²) in [5.74, 6) is 0.414. The summed E-state index contributed by atoms with van der Waals surface area (Å²) in [6.07, 6.45) is 0. The first kappa shape index (κ1) is 14.2. The van der Waals surface area contributed by atoms with Crippen molar-refractivity contribution in [1.29, 1.82) is 0 Å². The Hall–Kier alpha value is -2.17. The van der Waals surface area contributed by atoms with E-state index >= 15 is 0 Å². The molecule has 0 radical (unpaired) electrons. The monoisotopic (exact) mass is 277 g/mol. The highest BCUT2D eigenvalue weighted by molar-refractivity contribution is 5.99. The second kappa shape index (κ2) is 4.74. The molecule has 0 amide bonds. The van der Waals surface area contributed by atoms with Gasteiger partial charge in [0.05, 0.1) is 25.2 Å². The van der Waals surface area contributed by atoms with Gasteiger partial charge in [0.1, 0.15) is 11.5 Å². The van der Waals surface area contributed by atoms with Crippen LogP contribution in [0.2, 0.25) is 0 Å². The Morgan fingerprint density at radius 2 is 1.75 bits per heavy atom. The maximum absolute atomic E-state index is 11.6. The van der Waals surface area contributed by atoms with Crippen molar-refractivity contribution < 1.29 is 19.4 Å². The number of fused-ring (bicyclic) bond motifs is 1. The van der Waals surface area contributed by atoms with Crippen molar-refractivity contribution in [3.63, 3.8) is 0 Å². The van der Waals surface area contributed by atoms with Gasteiger partial charge in [-0.05, 0) is 32.9 Å². The summed E-state index contributed by atoms with van der Waals surface area (Å²) in [6.45, 7) is 5.23. The number of nitrogens with one attached hydrogen (secondary N) is 1. The van der Waals surface area contributed by atoms with Crippen molar-refractivity contribution in [2.24, 2.45) is 0 Å². The van der Waals surface area contributed by atoms with E-state index in [-0.39, 0.29) is 0 Å². The number of H-pyrrole nitrogens is 1. The highest BCUT2D eigenvalue weighted by atomic mass is 16.5. The predicted molar refractivity (Wildman–Crippen MR) is 76.8 cm³/mol. The summed E-state index contributed by atoms with van der Waals surface area (Å²) < 4.78 is 10.7. The van der Waals surface area contributed by atoms with Crippen LogP contribution in [0.15, 0.2) is 12.1 Å². The number of carboxylic acids is 1. The molecule has 0 unspecified atom stereocenters. The Bertz CT molecular complexity index is 670. The molecule has 2 aromatic rings. The molecule has 0 saturated carbocycles. The van der Waals surface area contributed by atoms with Gasteiger partial charge in [-0.15, -0.1) is 0 Å². The molecule has 0 saturated heterocycles. The highest BCUT2D eigenvalue weighted by Gasteiger charge is 2.35. The topological polar surface area (TPSA) is 71.6 Å². The van der Waals surface area contributed by atoms with E-state index in [1.54, 1.807) is 40.2 Å². The van der Waals surface area contributed by atoms with Gasteiger partial charge in [0.25, 0.3) is 0 Å². The van der Waals surface area contributed by atoms with Crippen LogP contribution >= 0.6 is 0 Å². The van der Waals surface area contributed by atoms with Crippen molar-refractivity contribution >= 4 is 16.9 Å². The molecule has 108 valence electrons. The molecule has 0 aliphatic heterocycles. The zero-order valence-electron chi connectivity index (χ0n) is 12.3. The fourth-order valence-electron chi connectivity index (χ4n) is 2.60. The van der Waals surface area contributed by atoms with Crippen molar-refractivity contribution in [3.8, 4) is 11.5 Å². The molecule has 1 aromatic carbocycles. The first-order chi connectivity index (χ1) is 9.34. The minimum absolute atomic E-state index is 0.634. The number of hydrogen-bond donors (Lipinski definition) is 2. The molecule has 0 fully saturated rings. The number of aryl methyl sites for hydroxylation is 1. The number of aliphatic carboxylic acids is 1. The third kappa shape index (κ3) is 1.90. The molecule has 5 heteroatoms. The lowest BCUT2D eigenvalue weighted by molar-refractivity contribution is -0.142. The molecule has 0 atom stereocenters. The number of methoxy groups -OCH3 is 2. The standard InChI is InChI=1S/C15H19NO4/c1-8-12(15(2,3)14(17)18)11-9(19-4)6-7-10(20-5)13(11)16-8/h6-7,16H,1-5H3,(H,17,18). The number of carbonyl (C=O) groups is 1. The Labute approximate surface area is 117 Å². The molecule has 5 nitrogen and oxygen atoms in total. The third-order valence-electron chi connectivity index (χ3n) is 3.67. The SMILES string of the molecule is COc1ccc(OC)c2c(C(C)(C)C(=O)O)c(C)[nH]c12. The Morgan fingerprint density at radius 1 is 1.20 bits per heavy atom. The zero-order valence-corrected chi connectivity index (χ0v) is 12.3. The molecule has 0 aliphatic carbocycles. The lowest BCUT2D eigenvalue weighted by Crippen LogP contribution is -2.29. The number of benzene rings is 1. The second-order valence-corrected chi connectivity index (χ2v) is 5.28. The van der Waals surface area contributed by atoms with E-state index in [0.717, 1.165) is 22.2 Å². The maximum atomic E-state index is 11.6. The third-order valence-corrected chi connectivity index (χ3v) is 3.67. The minimum atomic E-state index is -1.03. The smallest absolute Gasteiger partial charge is 0.313 e. The number of rotatable bonds is 4. The van der Waals surface area contributed by atoms with Crippen LogP contribution in [0.3, 0.4) is 0 Å². The van der Waals surface area contributed by atoms with E-state index in [9.17, 15) is 9.90 Å². The van der Waals surface area contributed by atoms with Crippen molar-refractivity contribution in [1.82, 2.24) is 4.98 Å². The first-order valence-corrected chi connectivity index (χ1v) is 6.31. The number of carboxylic acid groups (broad SMARTS) is 1. The molecular formula is C15H19NO4. The molecule has 2 rings (SSSR count). The molecule has 20 heavy (non-hydrogen) atoms. The maximum Gasteiger partial charge on any atom is 0.313 e. The van der Waals surface area contributed by atoms with E-state index in [0.29, 0.717) is 11.5 Å². The average Bonchev–Trinajstić information content (AvgIpc) is 2.74. The lowest BCUT2D eigenvalue weighted by Gasteiger charge is -2.21. The highest BCUT2D eigenvalue weighted by Crippen LogP contribution is 2.42. The van der Waals surface area contributed by atoms with E-state index in [1.807, 2.05) is 6.92 Å². The number of aromatic amines is 1. The fraction of sp³-hybridized carbons (Fsp3) is 0.400. The van der Waals surface area contributed by atoms with Gasteiger partial charge in [-0.2, -0.15) is 0 Å². The molecule has 0 aliphatic rings. The normalized spacial score (nSPS) is 11.7.